The van der Waals surface area contributed by atoms with Crippen LogP contribution in [0.25, 0.3) is 0 Å². The molecule has 0 aliphatic heterocycles. The molecule has 70 valence electrons. The molecule has 0 atom stereocenters. The number of nitrogens with one attached hydrogen (secondary N) is 1. The molecule has 3 amide bonds. The van der Waals surface area contributed by atoms with E-state index in [0.29, 0.717) is 18.7 Å². The van der Waals surface area contributed by atoms with Gasteiger partial charge >= 0.3 is 6.03 Å². The Kier molecular flexibility index (Phi) is 6.50. The summed E-state index contributed by atoms with van der Waals surface area (Å²) in [5.74, 6) is 1.15. The van der Waals surface area contributed by atoms with E-state index >= 15 is 0 Å². The highest BCUT2D eigenvalue weighted by Gasteiger charge is 2.02. The lowest BCUT2D eigenvalue weighted by molar-refractivity contribution is -0.119. The molecule has 0 heterocycles. The lowest BCUT2D eigenvalue weighted by Crippen LogP contribution is -2.35. The van der Waals surface area contributed by atoms with E-state index in [1.807, 2.05) is 5.32 Å². The van der Waals surface area contributed by atoms with E-state index in [-0.39, 0.29) is 5.91 Å². The van der Waals surface area contributed by atoms with Crippen molar-refractivity contribution in [2.45, 2.75) is 6.42 Å². The van der Waals surface area contributed by atoms with Crippen molar-refractivity contribution in [1.29, 1.82) is 0 Å². The van der Waals surface area contributed by atoms with Crippen molar-refractivity contribution in [2.24, 2.45) is 11.5 Å². The van der Waals surface area contributed by atoms with Gasteiger partial charge in [-0.15, -0.1) is 0 Å². The smallest absolute Gasteiger partial charge is 0.318 e. The first-order chi connectivity index (χ1) is 5.66. The number of carbonyl (C=O) groups excluding carboxylic acids is 2. The number of rotatable bonds is 5. The maximum Gasteiger partial charge on any atom is 0.318 e. The average Bonchev–Trinajstić information content (AvgIpc) is 1.97. The van der Waals surface area contributed by atoms with Gasteiger partial charge in [-0.1, -0.05) is 0 Å². The van der Waals surface area contributed by atoms with Gasteiger partial charge in [0.05, 0.1) is 0 Å². The van der Waals surface area contributed by atoms with Crippen LogP contribution in [-0.2, 0) is 4.79 Å². The Hall–Kier alpha value is -0.750. The second-order valence-electron chi connectivity index (χ2n) is 2.06. The van der Waals surface area contributed by atoms with Gasteiger partial charge < -0.3 is 11.5 Å². The lowest BCUT2D eigenvalue weighted by atomic mass is 10.4. The van der Waals surface area contributed by atoms with Crippen LogP contribution in [0.1, 0.15) is 6.42 Å². The van der Waals surface area contributed by atoms with Gasteiger partial charge in [0.15, 0.2) is 0 Å². The summed E-state index contributed by atoms with van der Waals surface area (Å²) in [6, 6.07) is -0.802. The molecule has 0 aromatic carbocycles. The molecule has 0 saturated heterocycles. The second kappa shape index (κ2) is 6.93. The van der Waals surface area contributed by atoms with Crippen molar-refractivity contribution in [3.8, 4) is 0 Å². The molecule has 0 fully saturated rings. The van der Waals surface area contributed by atoms with Gasteiger partial charge in [0.1, 0.15) is 0 Å². The van der Waals surface area contributed by atoms with E-state index < -0.39 is 6.03 Å². The number of carbonyl (C=O) groups is 2. The van der Waals surface area contributed by atoms with Crippen LogP contribution in [0.5, 0.6) is 0 Å². The summed E-state index contributed by atoms with van der Waals surface area (Å²) < 4.78 is 0. The molecule has 0 radical (unpaired) electrons. The molecular weight excluding hydrogens is 178 g/mol. The SMILES string of the molecule is NCCSCCC(=O)NC(N)=O. The third-order valence-electron chi connectivity index (χ3n) is 0.998. The topological polar surface area (TPSA) is 98.2 Å². The highest BCUT2D eigenvalue weighted by Crippen LogP contribution is 1.99. The fraction of sp³-hybridized carbons (Fsp3) is 0.667. The van der Waals surface area contributed by atoms with Gasteiger partial charge in [0, 0.05) is 24.5 Å². The highest BCUT2D eigenvalue weighted by molar-refractivity contribution is 7.99. The minimum atomic E-state index is -0.802. The van der Waals surface area contributed by atoms with Crippen LogP contribution < -0.4 is 16.8 Å². The lowest BCUT2D eigenvalue weighted by Gasteiger charge is -1.99. The third-order valence-corrected chi connectivity index (χ3v) is 2.02. The standard InChI is InChI=1S/C6H13N3O2S/c7-2-4-12-3-1-5(10)9-6(8)11/h1-4,7H2,(H3,8,9,10,11). The zero-order valence-electron chi connectivity index (χ0n) is 6.71. The first kappa shape index (κ1) is 11.2. The largest absolute Gasteiger partial charge is 0.351 e. The zero-order valence-corrected chi connectivity index (χ0v) is 7.52. The van der Waals surface area contributed by atoms with E-state index in [1.165, 1.54) is 0 Å². The Morgan fingerprint density at radius 1 is 1.33 bits per heavy atom. The summed E-state index contributed by atoms with van der Waals surface area (Å²) in [7, 11) is 0. The molecule has 5 N–H and O–H groups in total. The van der Waals surface area contributed by atoms with Crippen LogP contribution >= 0.6 is 11.8 Å². The Labute approximate surface area is 75.2 Å². The molecule has 0 bridgehead atoms. The highest BCUT2D eigenvalue weighted by atomic mass is 32.2. The monoisotopic (exact) mass is 191 g/mol. The van der Waals surface area contributed by atoms with Gasteiger partial charge in [-0.2, -0.15) is 11.8 Å². The number of urea groups is 1. The molecule has 0 spiro atoms. The maximum absolute atomic E-state index is 10.8. The molecule has 0 aromatic rings. The number of hydrogen-bond donors (Lipinski definition) is 3. The van der Waals surface area contributed by atoms with E-state index in [0.717, 1.165) is 5.75 Å². The van der Waals surface area contributed by atoms with Crippen molar-refractivity contribution < 1.29 is 9.59 Å². The number of hydrogen-bond acceptors (Lipinski definition) is 4. The first-order valence-electron chi connectivity index (χ1n) is 3.54. The summed E-state index contributed by atoms with van der Waals surface area (Å²) in [5.41, 5.74) is 9.96. The van der Waals surface area contributed by atoms with Gasteiger partial charge in [-0.3, -0.25) is 10.1 Å². The molecule has 0 unspecified atom stereocenters. The second-order valence-corrected chi connectivity index (χ2v) is 3.29. The number of imide groups is 1. The Bertz CT molecular complexity index is 163. The van der Waals surface area contributed by atoms with Gasteiger partial charge in [0.25, 0.3) is 0 Å². The predicted molar refractivity (Wildman–Crippen MR) is 48.7 cm³/mol. The van der Waals surface area contributed by atoms with Crippen LogP contribution in [0.4, 0.5) is 4.79 Å². The fourth-order valence-electron chi connectivity index (χ4n) is 0.550. The quantitative estimate of drug-likeness (QED) is 0.499. The summed E-state index contributed by atoms with van der Waals surface area (Å²) in [5, 5.41) is 1.98. The maximum atomic E-state index is 10.8. The van der Waals surface area contributed by atoms with Crippen LogP contribution in [-0.4, -0.2) is 30.0 Å². The summed E-state index contributed by atoms with van der Waals surface area (Å²) in [6.45, 7) is 0.599. The van der Waals surface area contributed by atoms with E-state index in [2.05, 4.69) is 0 Å². The molecule has 5 nitrogen and oxygen atoms in total. The van der Waals surface area contributed by atoms with Crippen molar-refractivity contribution in [1.82, 2.24) is 5.32 Å². The number of nitrogens with two attached hydrogens (primary N) is 2. The number of thioether (sulfide) groups is 1. The van der Waals surface area contributed by atoms with Crippen molar-refractivity contribution in [2.75, 3.05) is 18.1 Å². The first-order valence-corrected chi connectivity index (χ1v) is 4.69. The zero-order chi connectivity index (χ0) is 9.40. The summed E-state index contributed by atoms with van der Waals surface area (Å²) >= 11 is 1.57. The molecular formula is C6H13N3O2S. The fourth-order valence-corrected chi connectivity index (χ4v) is 1.25. The molecule has 0 aromatic heterocycles. The molecule has 0 rings (SSSR count). The van der Waals surface area contributed by atoms with Crippen molar-refractivity contribution in [3.05, 3.63) is 0 Å². The predicted octanol–water partition coefficient (Wildman–Crippen LogP) is -0.737. The minimum absolute atomic E-state index is 0.299. The van der Waals surface area contributed by atoms with Crippen molar-refractivity contribution >= 4 is 23.7 Å². The Morgan fingerprint density at radius 2 is 2.00 bits per heavy atom. The van der Waals surface area contributed by atoms with Crippen LogP contribution in [0.2, 0.25) is 0 Å². The number of amides is 3. The van der Waals surface area contributed by atoms with Gasteiger partial charge in [-0.25, -0.2) is 4.79 Å². The third kappa shape index (κ3) is 7.36. The molecule has 0 saturated carbocycles. The molecule has 0 aliphatic rings. The molecule has 12 heavy (non-hydrogen) atoms. The van der Waals surface area contributed by atoms with E-state index in [9.17, 15) is 9.59 Å². The average molecular weight is 191 g/mol. The van der Waals surface area contributed by atoms with Crippen LogP contribution in [0.15, 0.2) is 0 Å². The van der Waals surface area contributed by atoms with E-state index in [1.54, 1.807) is 11.8 Å². The van der Waals surface area contributed by atoms with Gasteiger partial charge in [0.2, 0.25) is 5.91 Å². The Balaban J connectivity index is 3.26. The normalized spacial score (nSPS) is 9.42. The number of primary amides is 1. The summed E-state index contributed by atoms with van der Waals surface area (Å²) in [4.78, 5) is 20.9. The minimum Gasteiger partial charge on any atom is -0.351 e. The molecule has 6 heteroatoms. The van der Waals surface area contributed by atoms with E-state index in [4.69, 9.17) is 11.5 Å². The van der Waals surface area contributed by atoms with Crippen LogP contribution in [0, 0.1) is 0 Å². The Morgan fingerprint density at radius 3 is 2.50 bits per heavy atom. The van der Waals surface area contributed by atoms with Crippen molar-refractivity contribution in [3.63, 3.8) is 0 Å². The summed E-state index contributed by atoms with van der Waals surface area (Å²) in [6.07, 6.45) is 0.299. The molecule has 0 aliphatic carbocycles. The van der Waals surface area contributed by atoms with Crippen LogP contribution in [0.3, 0.4) is 0 Å². The van der Waals surface area contributed by atoms with Gasteiger partial charge in [-0.05, 0) is 0 Å².